The Morgan fingerprint density at radius 3 is 2.38 bits per heavy atom. The highest BCUT2D eigenvalue weighted by Crippen LogP contribution is 2.57. The molecule has 2 aliphatic carbocycles. The molecule has 0 amide bonds. The van der Waals surface area contributed by atoms with Gasteiger partial charge >= 0.3 is 0 Å². The molecular formula is C15H22O. The van der Waals surface area contributed by atoms with Gasteiger partial charge < -0.3 is 0 Å². The lowest BCUT2D eigenvalue weighted by molar-refractivity contribution is -0.111. The summed E-state index contributed by atoms with van der Waals surface area (Å²) in [5.74, 6) is 0.213. The Bertz CT molecular complexity index is 384. The molecule has 0 spiro atoms. The highest BCUT2D eigenvalue weighted by molar-refractivity contribution is 6.05. The molecule has 0 aromatic rings. The second kappa shape index (κ2) is 3.58. The summed E-state index contributed by atoms with van der Waals surface area (Å²) in [5.41, 5.74) is 2.81. The minimum Gasteiger partial charge on any atom is -0.290 e. The summed E-state index contributed by atoms with van der Waals surface area (Å²) >= 11 is 0. The van der Waals surface area contributed by atoms with Gasteiger partial charge in [0.05, 0.1) is 0 Å². The third-order valence-corrected chi connectivity index (χ3v) is 5.00. The number of carbonyl (C=O) groups is 1. The van der Waals surface area contributed by atoms with Crippen LogP contribution in [0.1, 0.15) is 53.4 Å². The van der Waals surface area contributed by atoms with Crippen molar-refractivity contribution in [3.63, 3.8) is 0 Å². The lowest BCUT2D eigenvalue weighted by atomic mass is 9.63. The number of carbonyl (C=O) groups excluding carboxylic acids is 1. The molecule has 0 aromatic carbocycles. The van der Waals surface area contributed by atoms with E-state index in [0.29, 0.717) is 5.41 Å². The molecule has 2 aliphatic rings. The fourth-order valence-corrected chi connectivity index (χ4v) is 3.17. The third-order valence-electron chi connectivity index (χ3n) is 5.00. The van der Waals surface area contributed by atoms with E-state index in [1.807, 2.05) is 13.0 Å². The molecule has 1 nitrogen and oxygen atoms in total. The van der Waals surface area contributed by atoms with Crippen molar-refractivity contribution in [2.45, 2.75) is 53.4 Å². The fourth-order valence-electron chi connectivity index (χ4n) is 3.17. The van der Waals surface area contributed by atoms with Crippen molar-refractivity contribution in [2.75, 3.05) is 0 Å². The highest BCUT2D eigenvalue weighted by Gasteiger charge is 2.47. The average Bonchev–Trinajstić information content (AvgIpc) is 2.47. The smallest absolute Gasteiger partial charge is 0.181 e. The first kappa shape index (κ1) is 11.6. The summed E-state index contributed by atoms with van der Waals surface area (Å²) in [5, 5.41) is 0. The van der Waals surface area contributed by atoms with Gasteiger partial charge in [0.15, 0.2) is 5.78 Å². The second-order valence-electron chi connectivity index (χ2n) is 6.19. The highest BCUT2D eigenvalue weighted by atomic mass is 16.1. The van der Waals surface area contributed by atoms with Gasteiger partial charge in [0.1, 0.15) is 0 Å². The van der Waals surface area contributed by atoms with Crippen LogP contribution in [0.2, 0.25) is 0 Å². The van der Waals surface area contributed by atoms with Gasteiger partial charge in [-0.05, 0) is 48.7 Å². The van der Waals surface area contributed by atoms with Crippen molar-refractivity contribution in [2.24, 2.45) is 10.8 Å². The first-order chi connectivity index (χ1) is 7.37. The number of ketones is 1. The van der Waals surface area contributed by atoms with Crippen LogP contribution < -0.4 is 0 Å². The molecule has 0 saturated heterocycles. The molecule has 1 fully saturated rings. The number of hydrogen-bond acceptors (Lipinski definition) is 1. The second-order valence-corrected chi connectivity index (χ2v) is 6.19. The molecule has 0 aromatic heterocycles. The maximum absolute atomic E-state index is 11.8. The van der Waals surface area contributed by atoms with Crippen LogP contribution in [0.4, 0.5) is 0 Å². The monoisotopic (exact) mass is 218 g/mol. The molecule has 0 heterocycles. The quantitative estimate of drug-likeness (QED) is 0.649. The van der Waals surface area contributed by atoms with Crippen LogP contribution in [-0.2, 0) is 4.79 Å². The van der Waals surface area contributed by atoms with Crippen LogP contribution in [0.15, 0.2) is 23.3 Å². The van der Waals surface area contributed by atoms with Crippen molar-refractivity contribution in [3.05, 3.63) is 23.3 Å². The topological polar surface area (TPSA) is 17.1 Å². The predicted octanol–water partition coefficient (Wildman–Crippen LogP) is 4.05. The molecule has 0 aliphatic heterocycles. The van der Waals surface area contributed by atoms with Gasteiger partial charge in [-0.2, -0.15) is 0 Å². The molecule has 88 valence electrons. The summed E-state index contributed by atoms with van der Waals surface area (Å²) in [6.45, 7) is 8.94. The summed E-state index contributed by atoms with van der Waals surface area (Å²) < 4.78 is 0. The first-order valence-electron chi connectivity index (χ1n) is 6.29. The predicted molar refractivity (Wildman–Crippen MR) is 67.2 cm³/mol. The molecule has 0 unspecified atom stereocenters. The van der Waals surface area contributed by atoms with E-state index >= 15 is 0 Å². The Hall–Kier alpha value is -0.850. The maximum atomic E-state index is 11.8. The van der Waals surface area contributed by atoms with E-state index < -0.39 is 0 Å². The normalized spacial score (nSPS) is 33.6. The maximum Gasteiger partial charge on any atom is 0.181 e. The fraction of sp³-hybridized carbons (Fsp3) is 0.667. The molecular weight excluding hydrogens is 196 g/mol. The van der Waals surface area contributed by atoms with Gasteiger partial charge in [-0.3, -0.25) is 4.79 Å². The third kappa shape index (κ3) is 1.57. The molecule has 1 atom stereocenters. The molecule has 0 N–H and O–H groups in total. The lowest BCUT2D eigenvalue weighted by Crippen LogP contribution is -2.32. The molecule has 0 radical (unpaired) electrons. The standard InChI is InChI=1S/C15H22O/c1-11-6-7-12(10-13(11)16)15(4)9-5-8-14(15,2)3/h6,10H,5,7-9H2,1-4H3/t15-/m1/s1. The van der Waals surface area contributed by atoms with Gasteiger partial charge in [-0.15, -0.1) is 0 Å². The summed E-state index contributed by atoms with van der Waals surface area (Å²) in [6, 6.07) is 0. The van der Waals surface area contributed by atoms with E-state index in [0.717, 1.165) is 12.0 Å². The van der Waals surface area contributed by atoms with E-state index in [4.69, 9.17) is 0 Å². The van der Waals surface area contributed by atoms with Crippen molar-refractivity contribution in [1.82, 2.24) is 0 Å². The lowest BCUT2D eigenvalue weighted by Gasteiger charge is -2.41. The van der Waals surface area contributed by atoms with Gasteiger partial charge in [-0.1, -0.05) is 38.8 Å². The van der Waals surface area contributed by atoms with Crippen LogP contribution in [-0.4, -0.2) is 5.78 Å². The number of hydrogen-bond donors (Lipinski definition) is 0. The van der Waals surface area contributed by atoms with Gasteiger partial charge in [-0.25, -0.2) is 0 Å². The van der Waals surface area contributed by atoms with Crippen LogP contribution in [0.25, 0.3) is 0 Å². The van der Waals surface area contributed by atoms with Crippen molar-refractivity contribution >= 4 is 5.78 Å². The van der Waals surface area contributed by atoms with Gasteiger partial charge in [0.25, 0.3) is 0 Å². The zero-order chi connectivity index (χ0) is 12.0. The van der Waals surface area contributed by atoms with E-state index in [-0.39, 0.29) is 11.2 Å². The van der Waals surface area contributed by atoms with E-state index in [9.17, 15) is 4.79 Å². The van der Waals surface area contributed by atoms with Crippen LogP contribution in [0, 0.1) is 10.8 Å². The summed E-state index contributed by atoms with van der Waals surface area (Å²) in [6.07, 6.45) is 8.76. The first-order valence-corrected chi connectivity index (χ1v) is 6.29. The molecule has 1 heteroatoms. The molecule has 0 bridgehead atoms. The summed E-state index contributed by atoms with van der Waals surface area (Å²) in [4.78, 5) is 11.8. The molecule has 16 heavy (non-hydrogen) atoms. The minimum atomic E-state index is 0.213. The van der Waals surface area contributed by atoms with Crippen LogP contribution in [0.5, 0.6) is 0 Å². The Balaban J connectivity index is 2.33. The number of rotatable bonds is 1. The minimum absolute atomic E-state index is 0.213. The Kier molecular flexibility index (Phi) is 2.60. The van der Waals surface area contributed by atoms with E-state index in [1.165, 1.54) is 24.8 Å². The zero-order valence-corrected chi connectivity index (χ0v) is 10.9. The van der Waals surface area contributed by atoms with Crippen molar-refractivity contribution < 1.29 is 4.79 Å². The summed E-state index contributed by atoms with van der Waals surface area (Å²) in [7, 11) is 0. The van der Waals surface area contributed by atoms with Gasteiger partial charge in [0.2, 0.25) is 0 Å². The van der Waals surface area contributed by atoms with E-state index in [2.05, 4.69) is 26.8 Å². The zero-order valence-electron chi connectivity index (χ0n) is 10.9. The van der Waals surface area contributed by atoms with Crippen LogP contribution in [0.3, 0.4) is 0 Å². The Morgan fingerprint density at radius 2 is 1.88 bits per heavy atom. The van der Waals surface area contributed by atoms with Crippen LogP contribution >= 0.6 is 0 Å². The molecule has 2 rings (SSSR count). The molecule has 1 saturated carbocycles. The van der Waals surface area contributed by atoms with Gasteiger partial charge in [0, 0.05) is 0 Å². The average molecular weight is 218 g/mol. The van der Waals surface area contributed by atoms with E-state index in [1.54, 1.807) is 0 Å². The largest absolute Gasteiger partial charge is 0.290 e. The number of allylic oxidation sites excluding steroid dienone is 4. The Morgan fingerprint density at radius 1 is 1.19 bits per heavy atom. The van der Waals surface area contributed by atoms with Crippen molar-refractivity contribution in [3.8, 4) is 0 Å². The Labute approximate surface area is 98.6 Å². The van der Waals surface area contributed by atoms with Crippen molar-refractivity contribution in [1.29, 1.82) is 0 Å². The SMILES string of the molecule is CC1=CCC([C@@]2(C)CCCC2(C)C)=CC1=O.